The number of methoxy groups -OCH3 is 1. The second-order valence-electron chi connectivity index (χ2n) is 6.08. The highest BCUT2D eigenvalue weighted by Crippen LogP contribution is 2.28. The van der Waals surface area contributed by atoms with Crippen LogP contribution in [0.1, 0.15) is 20.3 Å². The average molecular weight is 324 g/mol. The molecule has 5 nitrogen and oxygen atoms in total. The van der Waals surface area contributed by atoms with Crippen molar-refractivity contribution in [3.63, 3.8) is 0 Å². The van der Waals surface area contributed by atoms with Gasteiger partial charge in [-0.15, -0.1) is 0 Å². The Bertz CT molecular complexity index is 868. The number of fused-ring (bicyclic) bond motifs is 1. The second-order valence-corrected chi connectivity index (χ2v) is 6.08. The predicted molar refractivity (Wildman–Crippen MR) is 94.1 cm³/mol. The maximum Gasteiger partial charge on any atom is 0.227 e. The number of ether oxygens (including phenoxy) is 1. The molecule has 3 aromatic rings. The second kappa shape index (κ2) is 6.74. The molecule has 0 saturated carbocycles. The molecule has 2 aromatic carbocycles. The Morgan fingerprint density at radius 3 is 2.83 bits per heavy atom. The third-order valence-electron chi connectivity index (χ3n) is 3.58. The lowest BCUT2D eigenvalue weighted by Gasteiger charge is -2.06. The normalized spacial score (nSPS) is 11.0. The Morgan fingerprint density at radius 2 is 2.08 bits per heavy atom. The molecule has 0 saturated heterocycles. The lowest BCUT2D eigenvalue weighted by Crippen LogP contribution is -2.13. The zero-order valence-electron chi connectivity index (χ0n) is 14.0. The standard InChI is InChI=1S/C19H20N2O3/c1-12(2)9-18(22)20-14-7-8-17-16(11-14)21-19(24-17)13-5-4-6-15(10-13)23-3/h4-8,10-12H,9H2,1-3H3,(H,20,22). The van der Waals surface area contributed by atoms with E-state index in [0.717, 1.165) is 17.0 Å². The fourth-order valence-electron chi connectivity index (χ4n) is 2.47. The van der Waals surface area contributed by atoms with Gasteiger partial charge in [0.05, 0.1) is 7.11 Å². The number of rotatable bonds is 5. The largest absolute Gasteiger partial charge is 0.497 e. The number of oxazole rings is 1. The van der Waals surface area contributed by atoms with Gasteiger partial charge in [0.25, 0.3) is 0 Å². The van der Waals surface area contributed by atoms with Crippen LogP contribution in [-0.2, 0) is 4.79 Å². The smallest absolute Gasteiger partial charge is 0.227 e. The van der Waals surface area contributed by atoms with Gasteiger partial charge in [-0.2, -0.15) is 0 Å². The molecule has 1 heterocycles. The Hall–Kier alpha value is -2.82. The molecule has 0 bridgehead atoms. The number of nitrogens with one attached hydrogen (secondary N) is 1. The van der Waals surface area contributed by atoms with Gasteiger partial charge in [-0.25, -0.2) is 4.98 Å². The van der Waals surface area contributed by atoms with Crippen LogP contribution < -0.4 is 10.1 Å². The average Bonchev–Trinajstić information content (AvgIpc) is 2.97. The molecular weight excluding hydrogens is 304 g/mol. The molecule has 0 aliphatic heterocycles. The van der Waals surface area contributed by atoms with Gasteiger partial charge in [-0.05, 0) is 42.3 Å². The predicted octanol–water partition coefficient (Wildman–Crippen LogP) is 4.49. The maximum atomic E-state index is 11.9. The first kappa shape index (κ1) is 16.1. The number of hydrogen-bond donors (Lipinski definition) is 1. The highest BCUT2D eigenvalue weighted by atomic mass is 16.5. The van der Waals surface area contributed by atoms with Crippen LogP contribution in [-0.4, -0.2) is 18.0 Å². The Labute approximate surface area is 140 Å². The number of carbonyl (C=O) groups excluding carboxylic acids is 1. The van der Waals surface area contributed by atoms with Crippen LogP contribution in [0.15, 0.2) is 46.9 Å². The summed E-state index contributed by atoms with van der Waals surface area (Å²) < 4.78 is 11.0. The first-order valence-corrected chi connectivity index (χ1v) is 7.90. The van der Waals surface area contributed by atoms with E-state index >= 15 is 0 Å². The van der Waals surface area contributed by atoms with Crippen LogP contribution in [0.4, 0.5) is 5.69 Å². The molecule has 1 N–H and O–H groups in total. The van der Waals surface area contributed by atoms with Gasteiger partial charge in [0.15, 0.2) is 5.58 Å². The van der Waals surface area contributed by atoms with E-state index in [9.17, 15) is 4.79 Å². The number of amides is 1. The van der Waals surface area contributed by atoms with Gasteiger partial charge in [0.2, 0.25) is 11.8 Å². The van der Waals surface area contributed by atoms with Crippen LogP contribution in [0.25, 0.3) is 22.6 Å². The van der Waals surface area contributed by atoms with Crippen LogP contribution in [0, 0.1) is 5.92 Å². The highest BCUT2D eigenvalue weighted by Gasteiger charge is 2.11. The van der Waals surface area contributed by atoms with E-state index < -0.39 is 0 Å². The minimum absolute atomic E-state index is 0.000800. The zero-order valence-corrected chi connectivity index (χ0v) is 14.0. The Balaban J connectivity index is 1.87. The van der Waals surface area contributed by atoms with Crippen molar-refractivity contribution in [2.75, 3.05) is 12.4 Å². The number of benzene rings is 2. The van der Waals surface area contributed by atoms with Gasteiger partial charge >= 0.3 is 0 Å². The van der Waals surface area contributed by atoms with E-state index in [1.807, 2.05) is 56.3 Å². The van der Waals surface area contributed by atoms with Crippen LogP contribution in [0.5, 0.6) is 5.75 Å². The van der Waals surface area contributed by atoms with Gasteiger partial charge < -0.3 is 14.5 Å². The first-order chi connectivity index (χ1) is 11.5. The summed E-state index contributed by atoms with van der Waals surface area (Å²) in [6, 6.07) is 13.0. The van der Waals surface area contributed by atoms with E-state index in [0.29, 0.717) is 29.3 Å². The molecule has 0 radical (unpaired) electrons. The molecule has 0 aliphatic carbocycles. The topological polar surface area (TPSA) is 64.4 Å². The summed E-state index contributed by atoms with van der Waals surface area (Å²) in [7, 11) is 1.62. The fraction of sp³-hybridized carbons (Fsp3) is 0.263. The summed E-state index contributed by atoms with van der Waals surface area (Å²) in [5, 5.41) is 2.89. The van der Waals surface area contributed by atoms with Gasteiger partial charge in [0.1, 0.15) is 11.3 Å². The van der Waals surface area contributed by atoms with Crippen molar-refractivity contribution in [1.82, 2.24) is 4.98 Å². The molecule has 5 heteroatoms. The van der Waals surface area contributed by atoms with Crippen molar-refractivity contribution >= 4 is 22.7 Å². The molecule has 3 rings (SSSR count). The number of carbonyl (C=O) groups is 1. The lowest BCUT2D eigenvalue weighted by atomic mass is 10.1. The summed E-state index contributed by atoms with van der Waals surface area (Å²) in [5.41, 5.74) is 2.94. The minimum Gasteiger partial charge on any atom is -0.497 e. The van der Waals surface area contributed by atoms with Crippen LogP contribution in [0.2, 0.25) is 0 Å². The summed E-state index contributed by atoms with van der Waals surface area (Å²) in [6.45, 7) is 4.03. The molecule has 0 fully saturated rings. The van der Waals surface area contributed by atoms with E-state index in [1.165, 1.54) is 0 Å². The monoisotopic (exact) mass is 324 g/mol. The summed E-state index contributed by atoms with van der Waals surface area (Å²) in [4.78, 5) is 16.4. The van der Waals surface area contributed by atoms with Crippen molar-refractivity contribution in [3.8, 4) is 17.2 Å². The molecule has 0 atom stereocenters. The molecular formula is C19H20N2O3. The van der Waals surface area contributed by atoms with Crippen LogP contribution >= 0.6 is 0 Å². The molecule has 1 aromatic heterocycles. The molecule has 0 spiro atoms. The lowest BCUT2D eigenvalue weighted by molar-refractivity contribution is -0.116. The number of hydrogen-bond acceptors (Lipinski definition) is 4. The van der Waals surface area contributed by atoms with E-state index in [1.54, 1.807) is 7.11 Å². The highest BCUT2D eigenvalue weighted by molar-refractivity contribution is 5.93. The SMILES string of the molecule is COc1cccc(-c2nc3cc(NC(=O)CC(C)C)ccc3o2)c1. The zero-order chi connectivity index (χ0) is 17.1. The quantitative estimate of drug-likeness (QED) is 0.751. The van der Waals surface area contributed by atoms with Crippen molar-refractivity contribution in [2.24, 2.45) is 5.92 Å². The molecule has 24 heavy (non-hydrogen) atoms. The summed E-state index contributed by atoms with van der Waals surface area (Å²) in [6.07, 6.45) is 0.492. The van der Waals surface area contributed by atoms with Gasteiger partial charge in [-0.3, -0.25) is 4.79 Å². The minimum atomic E-state index is 0.000800. The van der Waals surface area contributed by atoms with Crippen molar-refractivity contribution in [3.05, 3.63) is 42.5 Å². The molecule has 0 unspecified atom stereocenters. The van der Waals surface area contributed by atoms with E-state index in [4.69, 9.17) is 9.15 Å². The summed E-state index contributed by atoms with van der Waals surface area (Å²) in [5.74, 6) is 1.59. The van der Waals surface area contributed by atoms with E-state index in [-0.39, 0.29) is 5.91 Å². The van der Waals surface area contributed by atoms with Crippen LogP contribution in [0.3, 0.4) is 0 Å². The molecule has 124 valence electrons. The Kier molecular flexibility index (Phi) is 4.51. The van der Waals surface area contributed by atoms with Crippen molar-refractivity contribution in [1.29, 1.82) is 0 Å². The van der Waals surface area contributed by atoms with Crippen molar-refractivity contribution < 1.29 is 13.9 Å². The number of anilines is 1. The number of nitrogens with zero attached hydrogens (tertiary/aromatic N) is 1. The molecule has 0 aliphatic rings. The number of aromatic nitrogens is 1. The first-order valence-electron chi connectivity index (χ1n) is 7.90. The third kappa shape index (κ3) is 3.56. The van der Waals surface area contributed by atoms with E-state index in [2.05, 4.69) is 10.3 Å². The summed E-state index contributed by atoms with van der Waals surface area (Å²) >= 11 is 0. The third-order valence-corrected chi connectivity index (χ3v) is 3.58. The molecule has 1 amide bonds. The van der Waals surface area contributed by atoms with Gasteiger partial charge in [0, 0.05) is 17.7 Å². The fourth-order valence-corrected chi connectivity index (χ4v) is 2.47. The van der Waals surface area contributed by atoms with Gasteiger partial charge in [-0.1, -0.05) is 19.9 Å². The maximum absolute atomic E-state index is 11.9. The van der Waals surface area contributed by atoms with Crippen molar-refractivity contribution in [2.45, 2.75) is 20.3 Å². The Morgan fingerprint density at radius 1 is 1.25 bits per heavy atom.